The number of carbonyl (C=O) groups excluding carboxylic acids is 1. The fourth-order valence-corrected chi connectivity index (χ4v) is 1.95. The number of carbonyl (C=O) groups is 1. The molecule has 0 spiro atoms. The van der Waals surface area contributed by atoms with Crippen molar-refractivity contribution in [3.8, 4) is 0 Å². The van der Waals surface area contributed by atoms with Gasteiger partial charge in [-0.25, -0.2) is 4.79 Å². The molecular formula is C17H24O2. The van der Waals surface area contributed by atoms with Gasteiger partial charge >= 0.3 is 5.97 Å². The number of ether oxygens (including phenoxy) is 1. The lowest BCUT2D eigenvalue weighted by atomic mass is 10.1. The lowest BCUT2D eigenvalue weighted by Gasteiger charge is -2.14. The molecule has 0 saturated heterocycles. The molecule has 0 unspecified atom stereocenters. The monoisotopic (exact) mass is 260 g/mol. The van der Waals surface area contributed by atoms with E-state index in [2.05, 4.69) is 13.5 Å². The van der Waals surface area contributed by atoms with Gasteiger partial charge in [0.2, 0.25) is 0 Å². The minimum atomic E-state index is -0.265. The number of rotatable bonds is 9. The summed E-state index contributed by atoms with van der Waals surface area (Å²) in [6.45, 7) is 5.95. The molecule has 0 heterocycles. The van der Waals surface area contributed by atoms with E-state index in [1.807, 2.05) is 18.2 Å². The van der Waals surface area contributed by atoms with E-state index in [-0.39, 0.29) is 12.1 Å². The first kappa shape index (κ1) is 15.5. The largest absolute Gasteiger partial charge is 0.455 e. The second kappa shape index (κ2) is 9.37. The van der Waals surface area contributed by atoms with Crippen LogP contribution in [0.5, 0.6) is 0 Å². The Morgan fingerprint density at radius 3 is 2.53 bits per heavy atom. The van der Waals surface area contributed by atoms with Gasteiger partial charge in [0, 0.05) is 0 Å². The maximum atomic E-state index is 11.9. The third-order valence-corrected chi connectivity index (χ3v) is 3.12. The minimum absolute atomic E-state index is 0.172. The molecule has 1 aromatic carbocycles. The van der Waals surface area contributed by atoms with Gasteiger partial charge in [-0.3, -0.25) is 0 Å². The van der Waals surface area contributed by atoms with Crippen molar-refractivity contribution in [2.75, 3.05) is 0 Å². The van der Waals surface area contributed by atoms with Gasteiger partial charge in [0.05, 0.1) is 5.56 Å². The van der Waals surface area contributed by atoms with Crippen LogP contribution in [0.15, 0.2) is 43.0 Å². The van der Waals surface area contributed by atoms with Crippen LogP contribution in [0.25, 0.3) is 0 Å². The van der Waals surface area contributed by atoms with E-state index in [1.54, 1.807) is 18.2 Å². The molecular weight excluding hydrogens is 236 g/mol. The SMILES string of the molecule is C=C[C@@H](CCCCCCC)OC(=O)c1ccccc1. The van der Waals surface area contributed by atoms with E-state index < -0.39 is 0 Å². The van der Waals surface area contributed by atoms with Crippen molar-refractivity contribution in [3.05, 3.63) is 48.6 Å². The summed E-state index contributed by atoms with van der Waals surface area (Å²) in [5.74, 6) is -0.265. The number of esters is 1. The van der Waals surface area contributed by atoms with E-state index in [0.717, 1.165) is 12.8 Å². The first-order chi connectivity index (χ1) is 9.27. The van der Waals surface area contributed by atoms with E-state index in [0.29, 0.717) is 5.56 Å². The summed E-state index contributed by atoms with van der Waals surface area (Å²) in [5, 5.41) is 0. The quantitative estimate of drug-likeness (QED) is 0.363. The van der Waals surface area contributed by atoms with Crippen LogP contribution in [-0.4, -0.2) is 12.1 Å². The van der Waals surface area contributed by atoms with E-state index in [1.165, 1.54) is 25.7 Å². The molecule has 0 N–H and O–H groups in total. The summed E-state index contributed by atoms with van der Waals surface area (Å²) in [5.41, 5.74) is 0.598. The first-order valence-electron chi connectivity index (χ1n) is 7.16. The Kier molecular flexibility index (Phi) is 7.64. The molecule has 1 aromatic rings. The second-order valence-electron chi connectivity index (χ2n) is 4.75. The van der Waals surface area contributed by atoms with Crippen molar-refractivity contribution in [3.63, 3.8) is 0 Å². The number of unbranched alkanes of at least 4 members (excludes halogenated alkanes) is 4. The number of hydrogen-bond acceptors (Lipinski definition) is 2. The third-order valence-electron chi connectivity index (χ3n) is 3.12. The zero-order valence-corrected chi connectivity index (χ0v) is 11.8. The van der Waals surface area contributed by atoms with Gasteiger partial charge in [0.15, 0.2) is 0 Å². The Morgan fingerprint density at radius 2 is 1.89 bits per heavy atom. The molecule has 0 bridgehead atoms. The topological polar surface area (TPSA) is 26.3 Å². The molecule has 1 atom stereocenters. The Balaban J connectivity index is 2.32. The van der Waals surface area contributed by atoms with E-state index in [4.69, 9.17) is 4.74 Å². The lowest BCUT2D eigenvalue weighted by Crippen LogP contribution is -2.16. The smallest absolute Gasteiger partial charge is 0.338 e. The molecule has 104 valence electrons. The molecule has 0 saturated carbocycles. The van der Waals surface area contributed by atoms with Crippen LogP contribution in [0.4, 0.5) is 0 Å². The molecule has 0 amide bonds. The Bertz CT molecular complexity index is 370. The lowest BCUT2D eigenvalue weighted by molar-refractivity contribution is 0.0376. The zero-order valence-electron chi connectivity index (χ0n) is 11.8. The van der Waals surface area contributed by atoms with Crippen molar-refractivity contribution in [2.24, 2.45) is 0 Å². The van der Waals surface area contributed by atoms with Gasteiger partial charge in [-0.15, -0.1) is 0 Å². The molecule has 0 fully saturated rings. The number of hydrogen-bond donors (Lipinski definition) is 0. The average molecular weight is 260 g/mol. The highest BCUT2D eigenvalue weighted by atomic mass is 16.5. The summed E-state index contributed by atoms with van der Waals surface area (Å²) < 4.78 is 5.44. The molecule has 2 nitrogen and oxygen atoms in total. The molecule has 0 aromatic heterocycles. The van der Waals surface area contributed by atoms with Gasteiger partial charge in [0.1, 0.15) is 6.10 Å². The molecule has 0 aliphatic rings. The van der Waals surface area contributed by atoms with Crippen LogP contribution in [0.2, 0.25) is 0 Å². The van der Waals surface area contributed by atoms with Crippen molar-refractivity contribution in [2.45, 2.75) is 51.6 Å². The summed E-state index contributed by atoms with van der Waals surface area (Å²) in [6, 6.07) is 9.09. The Morgan fingerprint density at radius 1 is 1.21 bits per heavy atom. The third kappa shape index (κ3) is 6.23. The number of benzene rings is 1. The highest BCUT2D eigenvalue weighted by Crippen LogP contribution is 2.12. The highest BCUT2D eigenvalue weighted by Gasteiger charge is 2.12. The maximum Gasteiger partial charge on any atom is 0.338 e. The van der Waals surface area contributed by atoms with Crippen LogP contribution in [0.1, 0.15) is 55.8 Å². The van der Waals surface area contributed by atoms with Crippen LogP contribution >= 0.6 is 0 Å². The molecule has 2 heteroatoms. The molecule has 19 heavy (non-hydrogen) atoms. The van der Waals surface area contributed by atoms with Gasteiger partial charge in [0.25, 0.3) is 0 Å². The van der Waals surface area contributed by atoms with Gasteiger partial charge in [-0.1, -0.05) is 63.5 Å². The van der Waals surface area contributed by atoms with Crippen LogP contribution in [0, 0.1) is 0 Å². The van der Waals surface area contributed by atoms with Crippen molar-refractivity contribution in [1.29, 1.82) is 0 Å². The van der Waals surface area contributed by atoms with Crippen LogP contribution < -0.4 is 0 Å². The maximum absolute atomic E-state index is 11.9. The van der Waals surface area contributed by atoms with Crippen molar-refractivity contribution < 1.29 is 9.53 Å². The van der Waals surface area contributed by atoms with Crippen LogP contribution in [0.3, 0.4) is 0 Å². The van der Waals surface area contributed by atoms with Crippen LogP contribution in [-0.2, 0) is 4.74 Å². The van der Waals surface area contributed by atoms with E-state index in [9.17, 15) is 4.79 Å². The predicted octanol–water partition coefficient (Wildman–Crippen LogP) is 4.76. The molecule has 1 rings (SSSR count). The fourth-order valence-electron chi connectivity index (χ4n) is 1.95. The fraction of sp³-hybridized carbons (Fsp3) is 0.471. The summed E-state index contributed by atoms with van der Waals surface area (Å²) in [7, 11) is 0. The van der Waals surface area contributed by atoms with Crippen molar-refractivity contribution in [1.82, 2.24) is 0 Å². The second-order valence-corrected chi connectivity index (χ2v) is 4.75. The van der Waals surface area contributed by atoms with E-state index >= 15 is 0 Å². The molecule has 0 aliphatic heterocycles. The average Bonchev–Trinajstić information content (AvgIpc) is 2.46. The first-order valence-corrected chi connectivity index (χ1v) is 7.16. The standard InChI is InChI=1S/C17H24O2/c1-3-5-6-7-11-14-16(4-2)19-17(18)15-12-9-8-10-13-15/h4,8-10,12-13,16H,2-3,5-7,11,14H2,1H3/t16-/m0/s1. The summed E-state index contributed by atoms with van der Waals surface area (Å²) >= 11 is 0. The minimum Gasteiger partial charge on any atom is -0.455 e. The molecule has 0 radical (unpaired) electrons. The Labute approximate surface area is 116 Å². The predicted molar refractivity (Wildman–Crippen MR) is 79.2 cm³/mol. The Hall–Kier alpha value is -1.57. The van der Waals surface area contributed by atoms with Gasteiger partial charge in [-0.05, 0) is 25.0 Å². The highest BCUT2D eigenvalue weighted by molar-refractivity contribution is 5.89. The normalized spacial score (nSPS) is 11.8. The van der Waals surface area contributed by atoms with Gasteiger partial charge < -0.3 is 4.74 Å². The van der Waals surface area contributed by atoms with Gasteiger partial charge in [-0.2, -0.15) is 0 Å². The molecule has 0 aliphatic carbocycles. The summed E-state index contributed by atoms with van der Waals surface area (Å²) in [4.78, 5) is 11.9. The van der Waals surface area contributed by atoms with Crippen molar-refractivity contribution >= 4 is 5.97 Å². The summed E-state index contributed by atoms with van der Waals surface area (Å²) in [6.07, 6.45) is 8.48. The zero-order chi connectivity index (χ0) is 13.9.